The van der Waals surface area contributed by atoms with Crippen molar-refractivity contribution in [2.75, 3.05) is 0 Å². The largest absolute Gasteiger partial charge is 0.333 e. The number of hydrogen-bond acceptors (Lipinski definition) is 3. The highest BCUT2D eigenvalue weighted by molar-refractivity contribution is 5.17. The zero-order valence-electron chi connectivity index (χ0n) is 12.3. The average Bonchev–Trinajstić information content (AvgIpc) is 2.09. The third-order valence-corrected chi connectivity index (χ3v) is 3.03. The maximum absolute atomic E-state index is 12.5. The molecule has 0 saturated heterocycles. The minimum absolute atomic E-state index is 0.245. The van der Waals surface area contributed by atoms with Crippen LogP contribution in [0, 0.1) is 13.8 Å². The molecule has 0 aliphatic heterocycles. The summed E-state index contributed by atoms with van der Waals surface area (Å²) in [5, 5.41) is 0. The van der Waals surface area contributed by atoms with Crippen LogP contribution in [0.4, 0.5) is 0 Å². The summed E-state index contributed by atoms with van der Waals surface area (Å²) in [5.41, 5.74) is 5.21. The van der Waals surface area contributed by atoms with Gasteiger partial charge in [-0.15, -0.1) is 0 Å². The van der Waals surface area contributed by atoms with Crippen molar-refractivity contribution >= 4 is 0 Å². The summed E-state index contributed by atoms with van der Waals surface area (Å²) in [6, 6.07) is 0. The van der Waals surface area contributed by atoms with Gasteiger partial charge in [0.05, 0.1) is 5.66 Å². The topological polar surface area (TPSA) is 70.0 Å². The summed E-state index contributed by atoms with van der Waals surface area (Å²) in [5.74, 6) is 0. The predicted molar refractivity (Wildman–Crippen MR) is 72.9 cm³/mol. The van der Waals surface area contributed by atoms with Crippen LogP contribution in [0.2, 0.25) is 0 Å². The van der Waals surface area contributed by atoms with Gasteiger partial charge in [0.1, 0.15) is 0 Å². The third-order valence-electron chi connectivity index (χ3n) is 3.03. The Hall–Kier alpha value is -1.36. The molecule has 1 heterocycles. The highest BCUT2D eigenvalue weighted by Crippen LogP contribution is 2.13. The van der Waals surface area contributed by atoms with E-state index in [4.69, 9.17) is 5.73 Å². The van der Waals surface area contributed by atoms with E-state index in [1.54, 1.807) is 27.7 Å². The minimum Gasteiger partial charge on any atom is -0.309 e. The summed E-state index contributed by atoms with van der Waals surface area (Å²) < 4.78 is 2.75. The first-order valence-electron chi connectivity index (χ1n) is 6.04. The van der Waals surface area contributed by atoms with E-state index in [0.29, 0.717) is 11.3 Å². The van der Waals surface area contributed by atoms with Crippen LogP contribution < -0.4 is 17.0 Å². The lowest BCUT2D eigenvalue weighted by Gasteiger charge is -2.30. The first-order valence-corrected chi connectivity index (χ1v) is 6.04. The zero-order valence-corrected chi connectivity index (χ0v) is 12.3. The molecule has 2 N–H and O–H groups in total. The van der Waals surface area contributed by atoms with Crippen molar-refractivity contribution in [2.45, 2.75) is 59.7 Å². The number of nitrogens with zero attached hydrogens (tertiary/aromatic N) is 2. The Kier molecular flexibility index (Phi) is 3.34. The first kappa shape index (κ1) is 14.7. The van der Waals surface area contributed by atoms with Crippen molar-refractivity contribution in [1.29, 1.82) is 0 Å². The second kappa shape index (κ2) is 4.09. The van der Waals surface area contributed by atoms with Crippen molar-refractivity contribution in [3.05, 3.63) is 32.1 Å². The summed E-state index contributed by atoms with van der Waals surface area (Å²) in [6.07, 6.45) is 0. The Balaban J connectivity index is 3.97. The van der Waals surface area contributed by atoms with Crippen LogP contribution in [0.5, 0.6) is 0 Å². The standard InChI is InChI=1S/C13H23N3O2/c1-8-9(2)15(13(6,7)14)11(18)16(10(8)17)12(3,4)5/h14H2,1-7H3. The van der Waals surface area contributed by atoms with E-state index in [1.807, 2.05) is 20.8 Å². The van der Waals surface area contributed by atoms with Crippen molar-refractivity contribution in [3.8, 4) is 0 Å². The smallest absolute Gasteiger partial charge is 0.309 e. The van der Waals surface area contributed by atoms with E-state index >= 15 is 0 Å². The molecule has 1 rings (SSSR count). The molecule has 1 aromatic heterocycles. The maximum atomic E-state index is 12.5. The summed E-state index contributed by atoms with van der Waals surface area (Å²) >= 11 is 0. The lowest BCUT2D eigenvalue weighted by Crippen LogP contribution is -2.55. The van der Waals surface area contributed by atoms with Gasteiger partial charge in [-0.1, -0.05) is 0 Å². The fraction of sp³-hybridized carbons (Fsp3) is 0.692. The number of hydrogen-bond donors (Lipinski definition) is 1. The Morgan fingerprint density at radius 2 is 1.39 bits per heavy atom. The Labute approximate surface area is 107 Å². The van der Waals surface area contributed by atoms with E-state index in [9.17, 15) is 9.59 Å². The van der Waals surface area contributed by atoms with Crippen molar-refractivity contribution in [2.24, 2.45) is 5.73 Å². The molecule has 0 fully saturated rings. The predicted octanol–water partition coefficient (Wildman–Crippen LogP) is 1.03. The molecule has 0 unspecified atom stereocenters. The van der Waals surface area contributed by atoms with Gasteiger partial charge in [0.25, 0.3) is 5.56 Å². The van der Waals surface area contributed by atoms with Crippen LogP contribution in [-0.4, -0.2) is 9.13 Å². The lowest BCUT2D eigenvalue weighted by atomic mass is 10.1. The fourth-order valence-electron chi connectivity index (χ4n) is 2.09. The van der Waals surface area contributed by atoms with E-state index in [2.05, 4.69) is 0 Å². The molecule has 0 aromatic carbocycles. The van der Waals surface area contributed by atoms with E-state index < -0.39 is 11.2 Å². The molecule has 0 spiro atoms. The second-order valence-corrected chi connectivity index (χ2v) is 6.29. The highest BCUT2D eigenvalue weighted by atomic mass is 16.2. The number of nitrogens with two attached hydrogens (primary N) is 1. The molecular formula is C13H23N3O2. The quantitative estimate of drug-likeness (QED) is 0.812. The monoisotopic (exact) mass is 253 g/mol. The van der Waals surface area contributed by atoms with Gasteiger partial charge in [0.2, 0.25) is 0 Å². The highest BCUT2D eigenvalue weighted by Gasteiger charge is 2.27. The normalized spacial score (nSPS) is 12.9. The van der Waals surface area contributed by atoms with Crippen LogP contribution in [0.3, 0.4) is 0 Å². The molecule has 102 valence electrons. The lowest BCUT2D eigenvalue weighted by molar-refractivity contribution is 0.293. The molecule has 0 atom stereocenters. The Morgan fingerprint density at radius 1 is 0.944 bits per heavy atom. The van der Waals surface area contributed by atoms with Crippen LogP contribution >= 0.6 is 0 Å². The third kappa shape index (κ3) is 2.27. The summed E-state index contributed by atoms with van der Waals surface area (Å²) in [7, 11) is 0. The zero-order chi connectivity index (χ0) is 14.5. The Morgan fingerprint density at radius 3 is 1.72 bits per heavy atom. The van der Waals surface area contributed by atoms with E-state index in [1.165, 1.54) is 9.13 Å². The van der Waals surface area contributed by atoms with Gasteiger partial charge in [0, 0.05) is 16.8 Å². The SMILES string of the molecule is Cc1c(C)n(C(C)(C)N)c(=O)n(C(C)(C)C)c1=O. The molecule has 18 heavy (non-hydrogen) atoms. The molecule has 0 saturated carbocycles. The molecule has 0 aliphatic carbocycles. The maximum Gasteiger partial charge on any atom is 0.333 e. The van der Waals surface area contributed by atoms with E-state index in [0.717, 1.165) is 0 Å². The molecule has 0 bridgehead atoms. The van der Waals surface area contributed by atoms with Gasteiger partial charge in [-0.2, -0.15) is 0 Å². The second-order valence-electron chi connectivity index (χ2n) is 6.29. The van der Waals surface area contributed by atoms with Crippen LogP contribution in [0.15, 0.2) is 9.59 Å². The van der Waals surface area contributed by atoms with Crippen LogP contribution in [0.25, 0.3) is 0 Å². The molecule has 5 heteroatoms. The first-order chi connectivity index (χ1) is 7.89. The molecule has 0 radical (unpaired) electrons. The molecule has 0 amide bonds. The number of aromatic nitrogens is 2. The molecule has 5 nitrogen and oxygen atoms in total. The molecular weight excluding hydrogens is 230 g/mol. The van der Waals surface area contributed by atoms with E-state index in [-0.39, 0.29) is 11.2 Å². The average molecular weight is 253 g/mol. The van der Waals surface area contributed by atoms with Crippen molar-refractivity contribution in [3.63, 3.8) is 0 Å². The van der Waals surface area contributed by atoms with Gasteiger partial charge in [-0.3, -0.25) is 13.9 Å². The van der Waals surface area contributed by atoms with Gasteiger partial charge >= 0.3 is 5.69 Å². The van der Waals surface area contributed by atoms with Crippen LogP contribution in [0.1, 0.15) is 45.9 Å². The summed E-state index contributed by atoms with van der Waals surface area (Å²) in [6.45, 7) is 12.5. The van der Waals surface area contributed by atoms with Crippen molar-refractivity contribution in [1.82, 2.24) is 9.13 Å². The Bertz CT molecular complexity index is 580. The fourth-order valence-corrected chi connectivity index (χ4v) is 2.09. The molecule has 0 aliphatic rings. The van der Waals surface area contributed by atoms with Gasteiger partial charge < -0.3 is 5.73 Å². The minimum atomic E-state index is -0.841. The van der Waals surface area contributed by atoms with Gasteiger partial charge in [-0.05, 0) is 48.5 Å². The van der Waals surface area contributed by atoms with Gasteiger partial charge in [0.15, 0.2) is 0 Å². The number of rotatable bonds is 1. The van der Waals surface area contributed by atoms with Crippen LogP contribution in [-0.2, 0) is 11.2 Å². The van der Waals surface area contributed by atoms with Gasteiger partial charge in [-0.25, -0.2) is 4.79 Å². The molecule has 1 aromatic rings. The summed E-state index contributed by atoms with van der Waals surface area (Å²) in [4.78, 5) is 24.7. The van der Waals surface area contributed by atoms with Crippen molar-refractivity contribution < 1.29 is 0 Å².